The van der Waals surface area contributed by atoms with Gasteiger partial charge < -0.3 is 19.7 Å². The molecule has 1 atom stereocenters. The molecule has 2 aromatic heterocycles. The van der Waals surface area contributed by atoms with Gasteiger partial charge in [-0.15, -0.1) is 0 Å². The van der Waals surface area contributed by atoms with Crippen LogP contribution in [0.25, 0.3) is 22.7 Å². The van der Waals surface area contributed by atoms with Gasteiger partial charge in [-0.3, -0.25) is 14.6 Å². The highest BCUT2D eigenvalue weighted by Crippen LogP contribution is 2.35. The second kappa shape index (κ2) is 10.6. The Hall–Kier alpha value is -5.00. The normalized spacial score (nSPS) is 15.2. The number of likely N-dealkylation sites (tertiary alicyclic amines) is 1. The summed E-state index contributed by atoms with van der Waals surface area (Å²) in [7, 11) is 0. The van der Waals surface area contributed by atoms with Gasteiger partial charge in [-0.1, -0.05) is 30.3 Å². The van der Waals surface area contributed by atoms with Crippen LogP contribution in [-0.2, 0) is 11.0 Å². The Morgan fingerprint density at radius 1 is 0.975 bits per heavy atom. The highest BCUT2D eigenvalue weighted by atomic mass is 19.4. The summed E-state index contributed by atoms with van der Waals surface area (Å²) < 4.78 is 45.6. The summed E-state index contributed by atoms with van der Waals surface area (Å²) in [5, 5.41) is 11.7. The number of nitrogens with one attached hydrogen (secondary N) is 1. The predicted molar refractivity (Wildman–Crippen MR) is 136 cm³/mol. The molecule has 9 nitrogen and oxygen atoms in total. The zero-order valence-electron chi connectivity index (χ0n) is 20.7. The van der Waals surface area contributed by atoms with Crippen LogP contribution in [-0.4, -0.2) is 50.3 Å². The number of carboxylic acids is 1. The third kappa shape index (κ3) is 5.41. The van der Waals surface area contributed by atoms with Crippen LogP contribution in [0.2, 0.25) is 0 Å². The van der Waals surface area contributed by atoms with Crippen molar-refractivity contribution >= 4 is 23.5 Å². The quantitative estimate of drug-likeness (QED) is 0.331. The molecule has 12 heteroatoms. The number of oxazole rings is 1. The smallest absolute Gasteiger partial charge is 0.452 e. The molecule has 1 fully saturated rings. The monoisotopic (exact) mass is 550 g/mol. The summed E-state index contributed by atoms with van der Waals surface area (Å²) in [6.07, 6.45) is -2.63. The number of benzene rings is 2. The summed E-state index contributed by atoms with van der Waals surface area (Å²) in [6, 6.07) is 16.5. The zero-order valence-corrected chi connectivity index (χ0v) is 20.7. The highest BCUT2D eigenvalue weighted by Gasteiger charge is 2.42. The molecule has 0 aliphatic carbocycles. The number of pyridine rings is 1. The van der Waals surface area contributed by atoms with E-state index in [0.717, 1.165) is 0 Å². The number of aromatic nitrogens is 2. The average Bonchev–Trinajstić information content (AvgIpc) is 3.62. The van der Waals surface area contributed by atoms with Crippen molar-refractivity contribution < 1.29 is 37.1 Å². The Morgan fingerprint density at radius 2 is 1.70 bits per heavy atom. The first-order valence-electron chi connectivity index (χ1n) is 12.2. The van der Waals surface area contributed by atoms with Gasteiger partial charge in [0, 0.05) is 23.2 Å². The number of carbonyl (C=O) groups is 3. The number of carbonyl (C=O) groups excluding carboxylic acids is 2. The number of halogens is 3. The number of rotatable bonds is 6. The maximum absolute atomic E-state index is 13.6. The average molecular weight is 550 g/mol. The second-order valence-corrected chi connectivity index (χ2v) is 9.02. The summed E-state index contributed by atoms with van der Waals surface area (Å²) in [5.41, 5.74) is 0.960. The molecule has 1 aliphatic rings. The van der Waals surface area contributed by atoms with Gasteiger partial charge in [-0.2, -0.15) is 13.2 Å². The zero-order chi connectivity index (χ0) is 28.4. The number of alkyl halides is 3. The molecule has 1 aliphatic heterocycles. The number of nitrogens with zero attached hydrogens (tertiary/aromatic N) is 3. The molecule has 2 N–H and O–H groups in total. The summed E-state index contributed by atoms with van der Waals surface area (Å²) >= 11 is 0. The fraction of sp³-hybridized carbons (Fsp3) is 0.179. The Morgan fingerprint density at radius 3 is 2.33 bits per heavy atom. The van der Waals surface area contributed by atoms with Crippen molar-refractivity contribution in [2.75, 3.05) is 11.9 Å². The topological polar surface area (TPSA) is 126 Å². The van der Waals surface area contributed by atoms with Crippen molar-refractivity contribution in [3.05, 3.63) is 89.9 Å². The van der Waals surface area contributed by atoms with Crippen molar-refractivity contribution in [3.8, 4) is 22.7 Å². The van der Waals surface area contributed by atoms with Gasteiger partial charge in [0.2, 0.25) is 11.7 Å². The van der Waals surface area contributed by atoms with E-state index in [0.29, 0.717) is 36.2 Å². The minimum atomic E-state index is -4.94. The van der Waals surface area contributed by atoms with Crippen LogP contribution < -0.4 is 5.32 Å². The molecule has 0 bridgehead atoms. The van der Waals surface area contributed by atoms with E-state index in [9.17, 15) is 32.7 Å². The van der Waals surface area contributed by atoms with E-state index in [-0.39, 0.29) is 23.0 Å². The molecule has 204 valence electrons. The minimum Gasteiger partial charge on any atom is -0.480 e. The van der Waals surface area contributed by atoms with Crippen molar-refractivity contribution in [2.24, 2.45) is 0 Å². The maximum atomic E-state index is 13.6. The van der Waals surface area contributed by atoms with Crippen LogP contribution in [0.1, 0.15) is 39.4 Å². The van der Waals surface area contributed by atoms with Crippen molar-refractivity contribution in [1.29, 1.82) is 0 Å². The fourth-order valence-electron chi connectivity index (χ4n) is 4.42. The minimum absolute atomic E-state index is 0.131. The number of amides is 2. The van der Waals surface area contributed by atoms with Gasteiger partial charge in [-0.25, -0.2) is 9.78 Å². The third-order valence-electron chi connectivity index (χ3n) is 6.37. The standard InChI is InChI=1S/C28H21F3N4O5/c29-28(30,31)23-22(34-25(40-23)17-5-2-1-3-6-17)24(36)33-19-12-13-20(32-15-19)16-8-10-18(11-9-16)26(37)35-14-4-7-21(35)27(38)39/h1-3,5-6,8-13,15,21H,4,7,14H2,(H,33,36)(H,38,39)/t21-/m1/s1. The predicted octanol–water partition coefficient (Wildman–Crippen LogP) is 5.36. The van der Waals surface area contributed by atoms with E-state index in [1.54, 1.807) is 48.5 Å². The molecule has 0 unspecified atom stereocenters. The van der Waals surface area contributed by atoms with Crippen molar-refractivity contribution in [2.45, 2.75) is 25.1 Å². The van der Waals surface area contributed by atoms with Crippen molar-refractivity contribution in [1.82, 2.24) is 14.9 Å². The van der Waals surface area contributed by atoms with E-state index >= 15 is 0 Å². The number of anilines is 1. The van der Waals surface area contributed by atoms with Crippen LogP contribution in [0.5, 0.6) is 0 Å². The molecule has 3 heterocycles. The van der Waals surface area contributed by atoms with Gasteiger partial charge in [-0.05, 0) is 49.2 Å². The Bertz CT molecular complexity index is 1550. The molecule has 40 heavy (non-hydrogen) atoms. The lowest BCUT2D eigenvalue weighted by atomic mass is 10.1. The summed E-state index contributed by atoms with van der Waals surface area (Å²) in [5.74, 6) is -4.36. The summed E-state index contributed by atoms with van der Waals surface area (Å²) in [4.78, 5) is 46.3. The van der Waals surface area contributed by atoms with Gasteiger partial charge in [0.1, 0.15) is 6.04 Å². The van der Waals surface area contributed by atoms with Crippen molar-refractivity contribution in [3.63, 3.8) is 0 Å². The van der Waals surface area contributed by atoms with Crippen LogP contribution in [0.3, 0.4) is 0 Å². The van der Waals surface area contributed by atoms with E-state index in [1.807, 2.05) is 0 Å². The largest absolute Gasteiger partial charge is 0.480 e. The SMILES string of the molecule is O=C(Nc1ccc(-c2ccc(C(=O)N3CCC[C@@H]3C(=O)O)cc2)nc1)c1nc(-c2ccccc2)oc1C(F)(F)F. The lowest BCUT2D eigenvalue weighted by Crippen LogP contribution is -2.40. The first-order chi connectivity index (χ1) is 19.1. The molecule has 4 aromatic rings. The number of hydrogen-bond donors (Lipinski definition) is 2. The Kier molecular flexibility index (Phi) is 7.07. The molecule has 0 saturated carbocycles. The Balaban J connectivity index is 1.30. The van der Waals surface area contributed by atoms with Gasteiger partial charge in [0.15, 0.2) is 5.69 Å². The van der Waals surface area contributed by atoms with E-state index in [1.165, 1.54) is 29.3 Å². The number of carboxylic acid groups (broad SMARTS) is 1. The van der Waals surface area contributed by atoms with Gasteiger partial charge in [0.05, 0.1) is 17.6 Å². The molecule has 0 spiro atoms. The fourth-order valence-corrected chi connectivity index (χ4v) is 4.42. The maximum Gasteiger partial charge on any atom is 0.452 e. The molecule has 0 radical (unpaired) electrons. The van der Waals surface area contributed by atoms with Crippen LogP contribution in [0, 0.1) is 0 Å². The highest BCUT2D eigenvalue weighted by molar-refractivity contribution is 6.04. The molecular formula is C28H21F3N4O5. The first kappa shape index (κ1) is 26.6. The van der Waals surface area contributed by atoms with Gasteiger partial charge in [0.25, 0.3) is 11.8 Å². The van der Waals surface area contributed by atoms with Gasteiger partial charge >= 0.3 is 12.1 Å². The Labute approximate surface area is 225 Å². The summed E-state index contributed by atoms with van der Waals surface area (Å²) in [6.45, 7) is 0.374. The lowest BCUT2D eigenvalue weighted by Gasteiger charge is -2.21. The number of hydrogen-bond acceptors (Lipinski definition) is 6. The molecular weight excluding hydrogens is 529 g/mol. The van der Waals surface area contributed by atoms with E-state index in [2.05, 4.69) is 15.3 Å². The third-order valence-corrected chi connectivity index (χ3v) is 6.37. The van der Waals surface area contributed by atoms with Crippen LogP contribution in [0.4, 0.5) is 18.9 Å². The lowest BCUT2D eigenvalue weighted by molar-refractivity contribution is -0.153. The first-order valence-corrected chi connectivity index (χ1v) is 12.2. The number of aliphatic carboxylic acids is 1. The van der Waals surface area contributed by atoms with E-state index < -0.39 is 35.5 Å². The van der Waals surface area contributed by atoms with E-state index in [4.69, 9.17) is 4.42 Å². The molecule has 5 rings (SSSR count). The second-order valence-electron chi connectivity index (χ2n) is 9.02. The van der Waals surface area contributed by atoms with Crippen LogP contribution >= 0.6 is 0 Å². The molecule has 2 amide bonds. The molecule has 1 saturated heterocycles. The molecule has 2 aromatic carbocycles. The van der Waals surface area contributed by atoms with Crippen LogP contribution in [0.15, 0.2) is 77.3 Å².